The molecule has 0 aromatic heterocycles. The Morgan fingerprint density at radius 3 is 1.63 bits per heavy atom. The zero-order valence-corrected chi connectivity index (χ0v) is 21.2. The first-order valence-electron chi connectivity index (χ1n) is 10.7. The number of nitro benzene ring substituents is 1. The zero-order valence-electron chi connectivity index (χ0n) is 19.5. The van der Waals surface area contributed by atoms with E-state index in [4.69, 9.17) is 0 Å². The van der Waals surface area contributed by atoms with Crippen molar-refractivity contribution in [3.63, 3.8) is 0 Å². The van der Waals surface area contributed by atoms with Gasteiger partial charge in [-0.05, 0) is 51.1 Å². The summed E-state index contributed by atoms with van der Waals surface area (Å²) >= 11 is 0. The minimum atomic E-state index is -4.61. The van der Waals surface area contributed by atoms with Gasteiger partial charge in [0.1, 0.15) is 10.1 Å². The Balaban J connectivity index is 0.000000225. The molecule has 0 fully saturated rings. The van der Waals surface area contributed by atoms with Crippen molar-refractivity contribution >= 4 is 26.7 Å². The van der Waals surface area contributed by atoms with E-state index >= 15 is 0 Å². The first-order valence-corrected chi connectivity index (χ1v) is 13.3. The van der Waals surface area contributed by atoms with Crippen LogP contribution >= 0.6 is 0 Å². The topological polar surface area (TPSA) is 100 Å². The molecule has 4 rings (SSSR count). The number of non-ortho nitro benzene ring substituents is 1. The second kappa shape index (κ2) is 11.3. The Labute approximate surface area is 208 Å². The van der Waals surface area contributed by atoms with Crippen LogP contribution in [0.25, 0.3) is 0 Å². The molecule has 4 aromatic carbocycles. The number of benzene rings is 4. The number of hydrogen-bond donors (Lipinski definition) is 0. The average molecular weight is 508 g/mol. The number of nitrogens with zero attached hydrogens (tertiary/aromatic N) is 1. The lowest BCUT2D eigenvalue weighted by atomic mass is 10.1. The summed E-state index contributed by atoms with van der Waals surface area (Å²) < 4.78 is 31.3. The van der Waals surface area contributed by atoms with E-state index in [0.29, 0.717) is 0 Å². The van der Waals surface area contributed by atoms with Crippen LogP contribution in [-0.2, 0) is 21.0 Å². The zero-order chi connectivity index (χ0) is 25.6. The van der Waals surface area contributed by atoms with E-state index in [1.54, 1.807) is 0 Å². The third kappa shape index (κ3) is 6.79. The fourth-order valence-corrected chi connectivity index (χ4v) is 6.60. The lowest BCUT2D eigenvalue weighted by Crippen LogP contribution is -2.08. The normalized spacial score (nSPS) is 11.0. The third-order valence-corrected chi connectivity index (χ3v) is 8.45. The van der Waals surface area contributed by atoms with Crippen molar-refractivity contribution in [2.45, 2.75) is 40.4 Å². The van der Waals surface area contributed by atoms with Crippen LogP contribution in [0.5, 0.6) is 0 Å². The lowest BCUT2D eigenvalue weighted by molar-refractivity contribution is -0.385. The molecule has 35 heavy (non-hydrogen) atoms. The molecule has 180 valence electrons. The maximum Gasteiger partial charge on any atom is 0.270 e. The second-order valence-electron chi connectivity index (χ2n) is 7.87. The smallest absolute Gasteiger partial charge is 0.270 e. The van der Waals surface area contributed by atoms with Gasteiger partial charge in [-0.15, -0.1) is 0 Å². The molecule has 0 unspecified atom stereocenters. The van der Waals surface area contributed by atoms with Crippen molar-refractivity contribution in [3.8, 4) is 0 Å². The third-order valence-electron chi connectivity index (χ3n) is 5.08. The van der Waals surface area contributed by atoms with Crippen LogP contribution in [0.15, 0.2) is 117 Å². The average Bonchev–Trinajstić information content (AvgIpc) is 2.82. The van der Waals surface area contributed by atoms with Crippen LogP contribution in [0.4, 0.5) is 5.69 Å². The summed E-state index contributed by atoms with van der Waals surface area (Å²) in [5, 5.41) is 10.2. The van der Waals surface area contributed by atoms with Gasteiger partial charge in [0.15, 0.2) is 14.7 Å². The molecule has 0 aliphatic carbocycles. The van der Waals surface area contributed by atoms with E-state index in [-0.39, 0.29) is 10.9 Å². The Bertz CT molecular complexity index is 1360. The number of aryl methyl sites for hydroxylation is 3. The van der Waals surface area contributed by atoms with Crippen LogP contribution in [0.2, 0.25) is 0 Å². The quantitative estimate of drug-likeness (QED) is 0.138. The first kappa shape index (κ1) is 26.2. The van der Waals surface area contributed by atoms with Crippen LogP contribution in [-0.4, -0.2) is 17.9 Å². The summed E-state index contributed by atoms with van der Waals surface area (Å²) in [6.45, 7) is 6.65. The van der Waals surface area contributed by atoms with Gasteiger partial charge in [0, 0.05) is 23.3 Å². The molecular weight excluding hydrogens is 482 g/mol. The van der Waals surface area contributed by atoms with Crippen molar-refractivity contribution in [3.05, 3.63) is 124 Å². The molecule has 0 saturated heterocycles. The van der Waals surface area contributed by atoms with Crippen LogP contribution in [0.1, 0.15) is 16.7 Å². The monoisotopic (exact) mass is 507 g/mol. The molecule has 0 radical (unpaired) electrons. The van der Waals surface area contributed by atoms with E-state index < -0.39 is 25.6 Å². The number of hydrogen-bond acceptors (Lipinski definition) is 5. The van der Waals surface area contributed by atoms with Gasteiger partial charge in [-0.2, -0.15) is 0 Å². The highest BCUT2D eigenvalue weighted by Crippen LogP contribution is 2.35. The number of nitro groups is 1. The van der Waals surface area contributed by atoms with E-state index in [1.165, 1.54) is 31.4 Å². The van der Waals surface area contributed by atoms with Crippen LogP contribution in [0.3, 0.4) is 0 Å². The first-order chi connectivity index (χ1) is 16.6. The highest BCUT2D eigenvalue weighted by molar-refractivity contribution is 7.97. The van der Waals surface area contributed by atoms with E-state index in [9.17, 15) is 23.1 Å². The van der Waals surface area contributed by atoms with E-state index in [2.05, 4.69) is 93.6 Å². The highest BCUT2D eigenvalue weighted by atomic mass is 32.2. The van der Waals surface area contributed by atoms with Gasteiger partial charge in [-0.1, -0.05) is 60.2 Å². The van der Waals surface area contributed by atoms with Gasteiger partial charge in [-0.25, -0.2) is 8.42 Å². The van der Waals surface area contributed by atoms with Crippen molar-refractivity contribution < 1.29 is 17.9 Å². The Morgan fingerprint density at radius 1 is 0.714 bits per heavy atom. The molecule has 0 bridgehead atoms. The predicted molar refractivity (Wildman–Crippen MR) is 137 cm³/mol. The maximum absolute atomic E-state index is 10.4. The Kier molecular flexibility index (Phi) is 8.45. The Morgan fingerprint density at radius 2 is 1.20 bits per heavy atom. The SMILES string of the molecule is Cc1cc(C)c([S+](c2ccccc2)c2ccccc2)c(C)c1.O=[N+]([O-])c1cccc(S(=O)(=O)[O-])c1. The molecule has 0 spiro atoms. The van der Waals surface area contributed by atoms with E-state index in [0.717, 1.165) is 24.3 Å². The van der Waals surface area contributed by atoms with Crippen molar-refractivity contribution in [2.24, 2.45) is 0 Å². The molecule has 4 aromatic rings. The molecular formula is C27H25NO5S2. The molecule has 0 aliphatic rings. The summed E-state index contributed by atoms with van der Waals surface area (Å²) in [6.07, 6.45) is 0. The largest absolute Gasteiger partial charge is 0.744 e. The summed E-state index contributed by atoms with van der Waals surface area (Å²) in [7, 11) is -4.66. The van der Waals surface area contributed by atoms with Gasteiger partial charge in [0.05, 0.1) is 20.7 Å². The summed E-state index contributed by atoms with van der Waals surface area (Å²) in [4.78, 5) is 13.0. The molecule has 0 N–H and O–H groups in total. The van der Waals surface area contributed by atoms with Gasteiger partial charge in [0.2, 0.25) is 0 Å². The number of rotatable bonds is 5. The minimum absolute atomic E-state index is 0.0460. The van der Waals surface area contributed by atoms with Crippen LogP contribution in [0, 0.1) is 30.9 Å². The molecule has 0 amide bonds. The fraction of sp³-hybridized carbons (Fsp3) is 0.111. The van der Waals surface area contributed by atoms with Crippen molar-refractivity contribution in [2.75, 3.05) is 0 Å². The fourth-order valence-electron chi connectivity index (χ4n) is 3.73. The molecule has 0 saturated carbocycles. The molecule has 0 heterocycles. The standard InChI is InChI=1S/C21H21S.C6H5NO5S/c1-16-14-17(2)21(18(3)15-16)22(19-10-6-4-7-11-19)20-12-8-5-9-13-20;8-7(9)5-2-1-3-6(4-5)13(10,11)12/h4-15H,1-3H3;1-4H,(H,10,11,12)/q+1;/p-1. The summed E-state index contributed by atoms with van der Waals surface area (Å²) in [6, 6.07) is 30.3. The van der Waals surface area contributed by atoms with Gasteiger partial charge < -0.3 is 4.55 Å². The molecule has 6 nitrogen and oxygen atoms in total. The molecule has 0 atom stereocenters. The van der Waals surface area contributed by atoms with Crippen molar-refractivity contribution in [1.82, 2.24) is 0 Å². The lowest BCUT2D eigenvalue weighted by Gasteiger charge is -2.13. The van der Waals surface area contributed by atoms with Gasteiger partial charge in [0.25, 0.3) is 5.69 Å². The summed E-state index contributed by atoms with van der Waals surface area (Å²) in [5.74, 6) is 0. The molecule has 8 heteroatoms. The molecule has 0 aliphatic heterocycles. The van der Waals surface area contributed by atoms with Crippen molar-refractivity contribution in [1.29, 1.82) is 0 Å². The summed E-state index contributed by atoms with van der Waals surface area (Å²) in [5.41, 5.74) is 3.68. The van der Waals surface area contributed by atoms with Gasteiger partial charge in [-0.3, -0.25) is 10.1 Å². The van der Waals surface area contributed by atoms with Gasteiger partial charge >= 0.3 is 0 Å². The van der Waals surface area contributed by atoms with E-state index in [1.807, 2.05) is 0 Å². The van der Waals surface area contributed by atoms with Crippen LogP contribution < -0.4 is 0 Å². The second-order valence-corrected chi connectivity index (χ2v) is 11.2. The Hall–Kier alpha value is -3.46. The highest BCUT2D eigenvalue weighted by Gasteiger charge is 2.31. The predicted octanol–water partition coefficient (Wildman–Crippen LogP) is 6.21. The maximum atomic E-state index is 10.4. The minimum Gasteiger partial charge on any atom is -0.744 e.